The Labute approximate surface area is 176 Å². The fraction of sp³-hybridized carbons (Fsp3) is 0.450. The van der Waals surface area contributed by atoms with Crippen molar-refractivity contribution in [1.82, 2.24) is 24.1 Å². The Morgan fingerprint density at radius 2 is 1.70 bits per heavy atom. The molecule has 9 nitrogen and oxygen atoms in total. The Hall–Kier alpha value is -2.72. The SMILES string of the molecule is Cn1cc(S(=O)(=O)N2CCN(c3ccc4ncnc(N5CCCC5)c4c3)CC2)cn1. The van der Waals surface area contributed by atoms with E-state index in [0.717, 1.165) is 35.5 Å². The summed E-state index contributed by atoms with van der Waals surface area (Å²) in [5.74, 6) is 0.997. The summed E-state index contributed by atoms with van der Waals surface area (Å²) in [4.78, 5) is 13.8. The minimum Gasteiger partial charge on any atom is -0.369 e. The normalized spacial score (nSPS) is 18.4. The number of aryl methyl sites for hydroxylation is 1. The second-order valence-electron chi connectivity index (χ2n) is 7.83. The van der Waals surface area contributed by atoms with E-state index in [1.54, 1.807) is 23.9 Å². The molecule has 2 saturated heterocycles. The third-order valence-electron chi connectivity index (χ3n) is 5.93. The van der Waals surface area contributed by atoms with E-state index >= 15 is 0 Å². The van der Waals surface area contributed by atoms with Crippen molar-refractivity contribution in [2.75, 3.05) is 49.1 Å². The van der Waals surface area contributed by atoms with Gasteiger partial charge in [-0.1, -0.05) is 0 Å². The molecule has 2 aliphatic heterocycles. The van der Waals surface area contributed by atoms with E-state index in [4.69, 9.17) is 0 Å². The Kier molecular flexibility index (Phi) is 4.82. The summed E-state index contributed by atoms with van der Waals surface area (Å²) in [6.07, 6.45) is 6.98. The highest BCUT2D eigenvalue weighted by Gasteiger charge is 2.29. The zero-order chi connectivity index (χ0) is 20.7. The molecular formula is C20H25N7O2S. The maximum atomic E-state index is 12.8. The molecule has 2 aliphatic rings. The van der Waals surface area contributed by atoms with Crippen molar-refractivity contribution in [3.8, 4) is 0 Å². The van der Waals surface area contributed by atoms with Crippen molar-refractivity contribution in [3.05, 3.63) is 36.9 Å². The van der Waals surface area contributed by atoms with Crippen LogP contribution in [0.15, 0.2) is 41.8 Å². The Bertz CT molecular complexity index is 1160. The highest BCUT2D eigenvalue weighted by Crippen LogP contribution is 2.30. The molecule has 0 amide bonds. The van der Waals surface area contributed by atoms with Crippen molar-refractivity contribution in [1.29, 1.82) is 0 Å². The van der Waals surface area contributed by atoms with Crippen molar-refractivity contribution < 1.29 is 8.42 Å². The lowest BCUT2D eigenvalue weighted by Crippen LogP contribution is -2.48. The van der Waals surface area contributed by atoms with Gasteiger partial charge < -0.3 is 9.80 Å². The molecule has 0 unspecified atom stereocenters. The van der Waals surface area contributed by atoms with Gasteiger partial charge in [-0.15, -0.1) is 0 Å². The van der Waals surface area contributed by atoms with Gasteiger partial charge in [0.15, 0.2) is 0 Å². The van der Waals surface area contributed by atoms with Crippen molar-refractivity contribution >= 4 is 32.4 Å². The molecule has 0 N–H and O–H groups in total. The van der Waals surface area contributed by atoms with Gasteiger partial charge in [-0.05, 0) is 31.0 Å². The number of anilines is 2. The van der Waals surface area contributed by atoms with Gasteiger partial charge in [0.1, 0.15) is 17.0 Å². The van der Waals surface area contributed by atoms with E-state index in [-0.39, 0.29) is 4.90 Å². The van der Waals surface area contributed by atoms with Gasteiger partial charge in [-0.2, -0.15) is 9.40 Å². The minimum atomic E-state index is -3.50. The largest absolute Gasteiger partial charge is 0.369 e. The van der Waals surface area contributed by atoms with Gasteiger partial charge in [0.05, 0.1) is 11.7 Å². The second kappa shape index (κ2) is 7.51. The molecule has 0 radical (unpaired) electrons. The van der Waals surface area contributed by atoms with E-state index in [9.17, 15) is 8.42 Å². The summed E-state index contributed by atoms with van der Waals surface area (Å²) in [6, 6.07) is 6.24. The number of sulfonamides is 1. The van der Waals surface area contributed by atoms with Crippen LogP contribution >= 0.6 is 0 Å². The fourth-order valence-corrected chi connectivity index (χ4v) is 5.68. The molecule has 10 heteroatoms. The molecule has 30 heavy (non-hydrogen) atoms. The first-order valence-corrected chi connectivity index (χ1v) is 11.7. The summed E-state index contributed by atoms with van der Waals surface area (Å²) in [5.41, 5.74) is 2.02. The van der Waals surface area contributed by atoms with E-state index in [2.05, 4.69) is 37.0 Å². The molecule has 0 spiro atoms. The van der Waals surface area contributed by atoms with Gasteiger partial charge in [0.25, 0.3) is 0 Å². The number of aromatic nitrogens is 4. The quantitative estimate of drug-likeness (QED) is 0.623. The lowest BCUT2D eigenvalue weighted by molar-refractivity contribution is 0.385. The first-order valence-electron chi connectivity index (χ1n) is 10.3. The summed E-state index contributed by atoms with van der Waals surface area (Å²) < 4.78 is 28.7. The molecule has 0 saturated carbocycles. The Morgan fingerprint density at radius 1 is 0.933 bits per heavy atom. The number of hydrogen-bond donors (Lipinski definition) is 0. The van der Waals surface area contributed by atoms with Crippen LogP contribution in [0.25, 0.3) is 10.9 Å². The van der Waals surface area contributed by atoms with Crippen LogP contribution in [0.2, 0.25) is 0 Å². The number of piperazine rings is 1. The van der Waals surface area contributed by atoms with Crippen molar-refractivity contribution in [3.63, 3.8) is 0 Å². The fourth-order valence-electron chi connectivity index (χ4n) is 4.28. The predicted octanol–water partition coefficient (Wildman–Crippen LogP) is 1.47. The summed E-state index contributed by atoms with van der Waals surface area (Å²) >= 11 is 0. The first-order chi connectivity index (χ1) is 14.5. The molecule has 5 rings (SSSR count). The summed E-state index contributed by atoms with van der Waals surface area (Å²) in [7, 11) is -1.78. The highest BCUT2D eigenvalue weighted by atomic mass is 32.2. The molecular weight excluding hydrogens is 402 g/mol. The van der Waals surface area contributed by atoms with Crippen LogP contribution in [0, 0.1) is 0 Å². The molecule has 3 aromatic rings. The third kappa shape index (κ3) is 3.39. The number of hydrogen-bond acceptors (Lipinski definition) is 7. The lowest BCUT2D eigenvalue weighted by Gasteiger charge is -2.35. The van der Waals surface area contributed by atoms with Gasteiger partial charge in [-0.25, -0.2) is 18.4 Å². The van der Waals surface area contributed by atoms with E-state index in [1.165, 1.54) is 23.7 Å². The van der Waals surface area contributed by atoms with Crippen LogP contribution < -0.4 is 9.80 Å². The topological polar surface area (TPSA) is 87.5 Å². The molecule has 2 aromatic heterocycles. The third-order valence-corrected chi connectivity index (χ3v) is 7.78. The summed E-state index contributed by atoms with van der Waals surface area (Å²) in [5, 5.41) is 5.05. The Morgan fingerprint density at radius 3 is 2.40 bits per heavy atom. The van der Waals surface area contributed by atoms with Gasteiger partial charge >= 0.3 is 0 Å². The number of benzene rings is 1. The molecule has 0 atom stereocenters. The number of rotatable bonds is 4. The zero-order valence-corrected chi connectivity index (χ0v) is 17.8. The molecule has 1 aromatic carbocycles. The minimum absolute atomic E-state index is 0.247. The monoisotopic (exact) mass is 427 g/mol. The van der Waals surface area contributed by atoms with Crippen LogP contribution in [0.1, 0.15) is 12.8 Å². The molecule has 2 fully saturated rings. The van der Waals surface area contributed by atoms with Crippen molar-refractivity contribution in [2.45, 2.75) is 17.7 Å². The maximum absolute atomic E-state index is 12.8. The van der Waals surface area contributed by atoms with E-state index in [1.807, 2.05) is 6.07 Å². The average Bonchev–Trinajstić information content (AvgIpc) is 3.45. The van der Waals surface area contributed by atoms with Crippen LogP contribution in [0.4, 0.5) is 11.5 Å². The second-order valence-corrected chi connectivity index (χ2v) is 9.77. The molecule has 0 aliphatic carbocycles. The van der Waals surface area contributed by atoms with E-state index < -0.39 is 10.0 Å². The average molecular weight is 428 g/mol. The molecule has 4 heterocycles. The van der Waals surface area contributed by atoms with E-state index in [0.29, 0.717) is 26.2 Å². The van der Waals surface area contributed by atoms with Gasteiger partial charge in [0, 0.05) is 63.6 Å². The number of fused-ring (bicyclic) bond motifs is 1. The smallest absolute Gasteiger partial charge is 0.246 e. The highest BCUT2D eigenvalue weighted by molar-refractivity contribution is 7.89. The maximum Gasteiger partial charge on any atom is 0.246 e. The standard InChI is InChI=1S/C20H25N7O2S/c1-24-14-17(13-23-24)30(28,29)27-10-8-25(9-11-27)16-4-5-19-18(12-16)20(22-15-21-19)26-6-2-3-7-26/h4-5,12-15H,2-3,6-11H2,1H3. The lowest BCUT2D eigenvalue weighted by atomic mass is 10.1. The van der Waals surface area contributed by atoms with Crippen LogP contribution in [0.5, 0.6) is 0 Å². The van der Waals surface area contributed by atoms with Crippen LogP contribution in [-0.2, 0) is 17.1 Å². The number of nitrogens with zero attached hydrogens (tertiary/aromatic N) is 7. The predicted molar refractivity (Wildman–Crippen MR) is 115 cm³/mol. The molecule has 158 valence electrons. The van der Waals surface area contributed by atoms with Crippen LogP contribution in [-0.4, -0.2) is 71.7 Å². The van der Waals surface area contributed by atoms with Crippen LogP contribution in [0.3, 0.4) is 0 Å². The van der Waals surface area contributed by atoms with Gasteiger partial charge in [-0.3, -0.25) is 4.68 Å². The van der Waals surface area contributed by atoms with Gasteiger partial charge in [0.2, 0.25) is 10.0 Å². The zero-order valence-electron chi connectivity index (χ0n) is 17.0. The summed E-state index contributed by atoms with van der Waals surface area (Å²) in [6.45, 7) is 4.22. The first kappa shape index (κ1) is 19.3. The van der Waals surface area contributed by atoms with Crippen molar-refractivity contribution in [2.24, 2.45) is 7.05 Å². The Balaban J connectivity index is 1.36. The molecule has 0 bridgehead atoms.